The molecule has 1 saturated carbocycles. The van der Waals surface area contributed by atoms with E-state index in [4.69, 9.17) is 4.74 Å². The molecule has 1 unspecified atom stereocenters. The van der Waals surface area contributed by atoms with Gasteiger partial charge in [-0.05, 0) is 54.7 Å². The first-order chi connectivity index (χ1) is 11.7. The molecule has 0 bridgehead atoms. The molecule has 1 aliphatic rings. The van der Waals surface area contributed by atoms with E-state index in [0.717, 1.165) is 45.1 Å². The van der Waals surface area contributed by atoms with Gasteiger partial charge < -0.3 is 15.2 Å². The summed E-state index contributed by atoms with van der Waals surface area (Å²) in [5.74, 6) is 2.09. The van der Waals surface area contributed by atoms with E-state index in [0.29, 0.717) is 12.5 Å². The maximum atomic E-state index is 10.0. The van der Waals surface area contributed by atoms with Gasteiger partial charge in [0.15, 0.2) is 0 Å². The first kappa shape index (κ1) is 15.4. The maximum absolute atomic E-state index is 10.0. The maximum Gasteiger partial charge on any atom is 0.147 e. The highest BCUT2D eigenvalue weighted by Gasteiger charge is 2.29. The molecule has 1 fully saturated rings. The molecule has 2 aromatic heterocycles. The van der Waals surface area contributed by atoms with Crippen LogP contribution in [0.5, 0.6) is 5.75 Å². The standard InChI is InChI=1S/C18H19N3O2S/c1-23-13-6-4-12(5-7-13)16-8-14-17(24-16)18(21-10-20-14)19-9-15(22)11-2-3-11/h4-8,10-11,15,22H,2-3,9H2,1H3,(H,19,20,21). The van der Waals surface area contributed by atoms with Crippen molar-refractivity contribution in [2.45, 2.75) is 18.9 Å². The summed E-state index contributed by atoms with van der Waals surface area (Å²) in [6.07, 6.45) is 3.53. The summed E-state index contributed by atoms with van der Waals surface area (Å²) in [5.41, 5.74) is 2.05. The summed E-state index contributed by atoms with van der Waals surface area (Å²) in [4.78, 5) is 9.86. The van der Waals surface area contributed by atoms with E-state index in [1.165, 1.54) is 0 Å². The molecule has 1 aromatic carbocycles. The topological polar surface area (TPSA) is 67.3 Å². The van der Waals surface area contributed by atoms with Crippen molar-refractivity contribution in [2.24, 2.45) is 5.92 Å². The SMILES string of the molecule is COc1ccc(-c2cc3ncnc(NCC(O)C4CC4)c3s2)cc1. The second kappa shape index (κ2) is 6.37. The smallest absolute Gasteiger partial charge is 0.147 e. The van der Waals surface area contributed by atoms with E-state index in [9.17, 15) is 5.11 Å². The van der Waals surface area contributed by atoms with Crippen LogP contribution in [0.4, 0.5) is 5.82 Å². The van der Waals surface area contributed by atoms with Crippen molar-refractivity contribution in [3.05, 3.63) is 36.7 Å². The summed E-state index contributed by atoms with van der Waals surface area (Å²) in [5, 5.41) is 13.3. The number of nitrogens with one attached hydrogen (secondary N) is 1. The number of thiophene rings is 1. The number of ether oxygens (including phenoxy) is 1. The zero-order chi connectivity index (χ0) is 16.5. The number of nitrogens with zero attached hydrogens (tertiary/aromatic N) is 2. The summed E-state index contributed by atoms with van der Waals surface area (Å²) in [6, 6.07) is 10.1. The molecule has 2 heterocycles. The summed E-state index contributed by atoms with van der Waals surface area (Å²) in [6.45, 7) is 0.534. The van der Waals surface area contributed by atoms with Gasteiger partial charge in [-0.1, -0.05) is 0 Å². The van der Waals surface area contributed by atoms with Crippen LogP contribution in [0.3, 0.4) is 0 Å². The van der Waals surface area contributed by atoms with Crippen LogP contribution in [0.2, 0.25) is 0 Å². The van der Waals surface area contributed by atoms with Crippen LogP contribution in [0.25, 0.3) is 20.7 Å². The average molecular weight is 341 g/mol. The lowest BCUT2D eigenvalue weighted by Gasteiger charge is -2.11. The third-order valence-electron chi connectivity index (χ3n) is 4.33. The minimum Gasteiger partial charge on any atom is -0.497 e. The van der Waals surface area contributed by atoms with Gasteiger partial charge in [0.05, 0.1) is 23.4 Å². The van der Waals surface area contributed by atoms with E-state index < -0.39 is 0 Å². The number of benzene rings is 1. The van der Waals surface area contributed by atoms with Gasteiger partial charge in [-0.2, -0.15) is 0 Å². The normalized spacial score (nSPS) is 15.4. The van der Waals surface area contributed by atoms with Crippen molar-refractivity contribution >= 4 is 27.4 Å². The van der Waals surface area contributed by atoms with Gasteiger partial charge in [0.25, 0.3) is 0 Å². The molecule has 3 aromatic rings. The quantitative estimate of drug-likeness (QED) is 0.718. The third kappa shape index (κ3) is 3.07. The number of rotatable bonds is 6. The summed E-state index contributed by atoms with van der Waals surface area (Å²) >= 11 is 1.66. The lowest BCUT2D eigenvalue weighted by atomic mass is 10.2. The number of anilines is 1. The molecule has 0 amide bonds. The number of methoxy groups -OCH3 is 1. The Hall–Kier alpha value is -2.18. The van der Waals surface area contributed by atoms with Crippen molar-refractivity contribution in [1.82, 2.24) is 9.97 Å². The Morgan fingerprint density at radius 1 is 1.29 bits per heavy atom. The lowest BCUT2D eigenvalue weighted by molar-refractivity contribution is 0.164. The van der Waals surface area contributed by atoms with Gasteiger partial charge >= 0.3 is 0 Å². The first-order valence-corrected chi connectivity index (χ1v) is 8.87. The van der Waals surface area contributed by atoms with Crippen molar-refractivity contribution in [2.75, 3.05) is 19.0 Å². The predicted molar refractivity (Wildman–Crippen MR) is 96.6 cm³/mol. The predicted octanol–water partition coefficient (Wildman–Crippen LogP) is 3.55. The Kier molecular flexibility index (Phi) is 4.08. The Labute approximate surface area is 144 Å². The fraction of sp³-hybridized carbons (Fsp3) is 0.333. The molecule has 4 rings (SSSR count). The lowest BCUT2D eigenvalue weighted by Crippen LogP contribution is -2.21. The number of aliphatic hydroxyl groups is 1. The van der Waals surface area contributed by atoms with Crippen LogP contribution in [-0.2, 0) is 0 Å². The largest absolute Gasteiger partial charge is 0.497 e. The average Bonchev–Trinajstić information content (AvgIpc) is 3.38. The monoisotopic (exact) mass is 341 g/mol. The highest BCUT2D eigenvalue weighted by molar-refractivity contribution is 7.22. The molecular formula is C18H19N3O2S. The second-order valence-electron chi connectivity index (χ2n) is 6.06. The van der Waals surface area contributed by atoms with E-state index >= 15 is 0 Å². The molecule has 0 aliphatic heterocycles. The number of hydrogen-bond acceptors (Lipinski definition) is 6. The summed E-state index contributed by atoms with van der Waals surface area (Å²) in [7, 11) is 1.66. The van der Waals surface area contributed by atoms with Crippen molar-refractivity contribution in [3.63, 3.8) is 0 Å². The van der Waals surface area contributed by atoms with Crippen molar-refractivity contribution in [1.29, 1.82) is 0 Å². The molecule has 5 nitrogen and oxygen atoms in total. The molecule has 124 valence electrons. The molecular weight excluding hydrogens is 322 g/mol. The molecule has 1 atom stereocenters. The van der Waals surface area contributed by atoms with Crippen molar-refractivity contribution < 1.29 is 9.84 Å². The molecule has 1 aliphatic carbocycles. The van der Waals surface area contributed by atoms with Crippen LogP contribution in [0.15, 0.2) is 36.7 Å². The van der Waals surface area contributed by atoms with E-state index in [2.05, 4.69) is 21.4 Å². The van der Waals surface area contributed by atoms with Gasteiger partial charge in [-0.3, -0.25) is 0 Å². The van der Waals surface area contributed by atoms with Crippen LogP contribution >= 0.6 is 11.3 Å². The Morgan fingerprint density at radius 2 is 2.08 bits per heavy atom. The number of fused-ring (bicyclic) bond motifs is 1. The van der Waals surface area contributed by atoms with Gasteiger partial charge in [0, 0.05) is 11.4 Å². The van der Waals surface area contributed by atoms with E-state index in [1.807, 2.05) is 24.3 Å². The molecule has 0 radical (unpaired) electrons. The molecule has 2 N–H and O–H groups in total. The van der Waals surface area contributed by atoms with Gasteiger partial charge in [0.1, 0.15) is 17.9 Å². The summed E-state index contributed by atoms with van der Waals surface area (Å²) < 4.78 is 6.23. The van der Waals surface area contributed by atoms with Crippen LogP contribution in [0, 0.1) is 5.92 Å². The number of aliphatic hydroxyl groups excluding tert-OH is 1. The van der Waals surface area contributed by atoms with Gasteiger partial charge in [-0.25, -0.2) is 9.97 Å². The fourth-order valence-electron chi connectivity index (χ4n) is 2.73. The van der Waals surface area contributed by atoms with Gasteiger partial charge in [0.2, 0.25) is 0 Å². The third-order valence-corrected chi connectivity index (χ3v) is 5.51. The number of aromatic nitrogens is 2. The molecule has 0 spiro atoms. The first-order valence-electron chi connectivity index (χ1n) is 8.05. The number of hydrogen-bond donors (Lipinski definition) is 2. The molecule has 0 saturated heterocycles. The minimum atomic E-state index is -0.295. The molecule has 6 heteroatoms. The zero-order valence-electron chi connectivity index (χ0n) is 13.4. The van der Waals surface area contributed by atoms with Crippen LogP contribution in [-0.4, -0.2) is 34.8 Å². The highest BCUT2D eigenvalue weighted by atomic mass is 32.1. The van der Waals surface area contributed by atoms with Crippen LogP contribution < -0.4 is 10.1 Å². The molecule has 24 heavy (non-hydrogen) atoms. The van der Waals surface area contributed by atoms with Gasteiger partial charge in [-0.15, -0.1) is 11.3 Å². The fourth-order valence-corrected chi connectivity index (χ4v) is 3.81. The minimum absolute atomic E-state index is 0.295. The van der Waals surface area contributed by atoms with Crippen LogP contribution in [0.1, 0.15) is 12.8 Å². The Balaban J connectivity index is 1.60. The Morgan fingerprint density at radius 3 is 2.79 bits per heavy atom. The highest BCUT2D eigenvalue weighted by Crippen LogP contribution is 2.37. The van der Waals surface area contributed by atoms with E-state index in [-0.39, 0.29) is 6.10 Å². The van der Waals surface area contributed by atoms with E-state index in [1.54, 1.807) is 24.8 Å². The van der Waals surface area contributed by atoms with Crippen molar-refractivity contribution in [3.8, 4) is 16.2 Å². The zero-order valence-corrected chi connectivity index (χ0v) is 14.2. The Bertz CT molecular complexity index is 843. The second-order valence-corrected chi connectivity index (χ2v) is 7.11.